The minimum atomic E-state index is -0.769. The van der Waals surface area contributed by atoms with Gasteiger partial charge in [-0.3, -0.25) is 9.69 Å². The summed E-state index contributed by atoms with van der Waals surface area (Å²) in [4.78, 5) is 13.3. The van der Waals surface area contributed by atoms with Crippen LogP contribution in [0.3, 0.4) is 0 Å². The van der Waals surface area contributed by atoms with Crippen LogP contribution in [0.15, 0.2) is 24.3 Å². The molecule has 0 saturated heterocycles. The first-order valence-corrected chi connectivity index (χ1v) is 6.95. The van der Waals surface area contributed by atoms with E-state index in [1.54, 1.807) is 7.11 Å². The summed E-state index contributed by atoms with van der Waals surface area (Å²) >= 11 is 0. The Morgan fingerprint density at radius 3 is 2.40 bits per heavy atom. The molecular weight excluding hydrogens is 254 g/mol. The molecule has 0 aromatic heterocycles. The first-order valence-electron chi connectivity index (χ1n) is 6.95. The number of hydrogen-bond acceptors (Lipinski definition) is 3. The maximum Gasteiger partial charge on any atom is 0.321 e. The molecule has 0 heterocycles. The van der Waals surface area contributed by atoms with E-state index in [0.29, 0.717) is 0 Å². The largest absolute Gasteiger partial charge is 0.496 e. The fourth-order valence-electron chi connectivity index (χ4n) is 2.54. The normalized spacial score (nSPS) is 14.3. The van der Waals surface area contributed by atoms with Gasteiger partial charge in [-0.05, 0) is 37.9 Å². The van der Waals surface area contributed by atoms with Crippen LogP contribution in [0.2, 0.25) is 0 Å². The third-order valence-corrected chi connectivity index (χ3v) is 3.73. The minimum Gasteiger partial charge on any atom is -0.496 e. The van der Waals surface area contributed by atoms with E-state index in [1.165, 1.54) is 0 Å². The maximum atomic E-state index is 11.4. The molecule has 2 atom stereocenters. The van der Waals surface area contributed by atoms with E-state index < -0.39 is 12.0 Å². The van der Waals surface area contributed by atoms with Crippen molar-refractivity contribution in [3.63, 3.8) is 0 Å². The summed E-state index contributed by atoms with van der Waals surface area (Å²) in [6.45, 7) is 5.92. The van der Waals surface area contributed by atoms with E-state index in [2.05, 4.69) is 0 Å². The first-order chi connectivity index (χ1) is 9.38. The predicted octanol–water partition coefficient (Wildman–Crippen LogP) is 2.67. The van der Waals surface area contributed by atoms with Crippen LogP contribution in [0, 0.1) is 5.92 Å². The highest BCUT2D eigenvalue weighted by molar-refractivity contribution is 5.73. The fourth-order valence-corrected chi connectivity index (χ4v) is 2.54. The molecule has 0 aliphatic carbocycles. The van der Waals surface area contributed by atoms with E-state index in [9.17, 15) is 9.90 Å². The van der Waals surface area contributed by atoms with Gasteiger partial charge in [-0.15, -0.1) is 0 Å². The second-order valence-electron chi connectivity index (χ2n) is 5.56. The van der Waals surface area contributed by atoms with Crippen molar-refractivity contribution in [2.45, 2.75) is 39.3 Å². The van der Waals surface area contributed by atoms with Crippen LogP contribution in [-0.2, 0) is 11.2 Å². The van der Waals surface area contributed by atoms with Gasteiger partial charge in [-0.25, -0.2) is 0 Å². The van der Waals surface area contributed by atoms with E-state index in [4.69, 9.17) is 4.74 Å². The number of nitrogens with zero attached hydrogens (tertiary/aromatic N) is 1. The zero-order chi connectivity index (χ0) is 15.3. The summed E-state index contributed by atoms with van der Waals surface area (Å²) in [6.07, 6.45) is 0.761. The molecule has 0 aliphatic rings. The number of likely N-dealkylation sites (N-methyl/N-ethyl adjacent to an activating group) is 1. The lowest BCUT2D eigenvalue weighted by Crippen LogP contribution is -2.47. The monoisotopic (exact) mass is 279 g/mol. The van der Waals surface area contributed by atoms with Gasteiger partial charge in [-0.2, -0.15) is 0 Å². The Labute approximate surface area is 121 Å². The van der Waals surface area contributed by atoms with Crippen molar-refractivity contribution < 1.29 is 14.6 Å². The Morgan fingerprint density at radius 1 is 1.30 bits per heavy atom. The maximum absolute atomic E-state index is 11.4. The Hall–Kier alpha value is -1.55. The van der Waals surface area contributed by atoms with Crippen LogP contribution in [-0.4, -0.2) is 42.2 Å². The lowest BCUT2D eigenvalue weighted by Gasteiger charge is -2.33. The van der Waals surface area contributed by atoms with Crippen molar-refractivity contribution in [1.29, 1.82) is 0 Å². The molecule has 0 bridgehead atoms. The average molecular weight is 279 g/mol. The summed E-state index contributed by atoms with van der Waals surface area (Å²) < 4.78 is 5.35. The van der Waals surface area contributed by atoms with Crippen LogP contribution in [0.4, 0.5) is 0 Å². The average Bonchev–Trinajstić information content (AvgIpc) is 2.38. The highest BCUT2D eigenvalue weighted by atomic mass is 16.5. The third-order valence-electron chi connectivity index (χ3n) is 3.73. The van der Waals surface area contributed by atoms with Crippen LogP contribution in [0.5, 0.6) is 5.75 Å². The Morgan fingerprint density at radius 2 is 1.90 bits per heavy atom. The topological polar surface area (TPSA) is 49.8 Å². The second kappa shape index (κ2) is 7.29. The van der Waals surface area contributed by atoms with Crippen molar-refractivity contribution >= 4 is 5.97 Å². The van der Waals surface area contributed by atoms with Crippen molar-refractivity contribution in [3.8, 4) is 5.75 Å². The smallest absolute Gasteiger partial charge is 0.321 e. The summed E-state index contributed by atoms with van der Waals surface area (Å²) in [5.41, 5.74) is 1.10. The van der Waals surface area contributed by atoms with Crippen LogP contribution < -0.4 is 4.74 Å². The molecule has 4 nitrogen and oxygen atoms in total. The fraction of sp³-hybridized carbons (Fsp3) is 0.562. The van der Waals surface area contributed by atoms with Crippen LogP contribution in [0.25, 0.3) is 0 Å². The summed E-state index contributed by atoms with van der Waals surface area (Å²) in [5, 5.41) is 9.36. The number of benzene rings is 1. The Kier molecular flexibility index (Phi) is 6.02. The van der Waals surface area contributed by atoms with Gasteiger partial charge in [0, 0.05) is 6.04 Å². The summed E-state index contributed by atoms with van der Waals surface area (Å²) in [5.74, 6) is 0.149. The SMILES string of the molecule is COc1ccccc1CC(C)N(C)C(C(=O)O)C(C)C. The number of aliphatic carboxylic acids is 1. The highest BCUT2D eigenvalue weighted by Gasteiger charge is 2.29. The lowest BCUT2D eigenvalue weighted by molar-refractivity contribution is -0.145. The molecule has 0 radical (unpaired) electrons. The molecule has 0 spiro atoms. The van der Waals surface area contributed by atoms with Gasteiger partial charge in [0.05, 0.1) is 7.11 Å². The van der Waals surface area contributed by atoms with E-state index >= 15 is 0 Å². The van der Waals surface area contributed by atoms with Gasteiger partial charge >= 0.3 is 5.97 Å². The van der Waals surface area contributed by atoms with Gasteiger partial charge < -0.3 is 9.84 Å². The van der Waals surface area contributed by atoms with Gasteiger partial charge in [0.25, 0.3) is 0 Å². The molecule has 4 heteroatoms. The van der Waals surface area contributed by atoms with Gasteiger partial charge in [-0.1, -0.05) is 32.0 Å². The van der Waals surface area contributed by atoms with Crippen molar-refractivity contribution in [2.24, 2.45) is 5.92 Å². The van der Waals surface area contributed by atoms with E-state index in [0.717, 1.165) is 17.7 Å². The molecule has 0 aliphatic heterocycles. The number of methoxy groups -OCH3 is 1. The zero-order valence-corrected chi connectivity index (χ0v) is 13.0. The highest BCUT2D eigenvalue weighted by Crippen LogP contribution is 2.22. The van der Waals surface area contributed by atoms with Crippen molar-refractivity contribution in [2.75, 3.05) is 14.2 Å². The number of para-hydroxylation sites is 1. The lowest BCUT2D eigenvalue weighted by atomic mass is 9.98. The van der Waals surface area contributed by atoms with Crippen molar-refractivity contribution in [1.82, 2.24) is 4.90 Å². The van der Waals surface area contributed by atoms with Crippen LogP contribution >= 0.6 is 0 Å². The quantitative estimate of drug-likeness (QED) is 0.833. The number of hydrogen-bond donors (Lipinski definition) is 1. The predicted molar refractivity (Wildman–Crippen MR) is 80.2 cm³/mol. The molecule has 1 aromatic carbocycles. The molecule has 1 aromatic rings. The second-order valence-corrected chi connectivity index (χ2v) is 5.56. The number of rotatable bonds is 7. The standard InChI is InChI=1S/C16H25NO3/c1-11(2)15(16(18)19)17(4)12(3)10-13-8-6-7-9-14(13)20-5/h6-9,11-12,15H,10H2,1-5H3,(H,18,19). The third kappa shape index (κ3) is 3.97. The summed E-state index contributed by atoms with van der Waals surface area (Å²) in [6, 6.07) is 7.51. The number of ether oxygens (including phenoxy) is 1. The van der Waals surface area contributed by atoms with E-state index in [-0.39, 0.29) is 12.0 Å². The van der Waals surface area contributed by atoms with Crippen molar-refractivity contribution in [3.05, 3.63) is 29.8 Å². The first kappa shape index (κ1) is 16.5. The molecule has 112 valence electrons. The van der Waals surface area contributed by atoms with Gasteiger partial charge in [0.1, 0.15) is 11.8 Å². The molecule has 2 unspecified atom stereocenters. The molecule has 0 saturated carbocycles. The van der Waals surface area contributed by atoms with Gasteiger partial charge in [0.2, 0.25) is 0 Å². The molecular formula is C16H25NO3. The van der Waals surface area contributed by atoms with E-state index in [1.807, 2.05) is 57.0 Å². The molecule has 1 N–H and O–H groups in total. The molecule has 20 heavy (non-hydrogen) atoms. The Balaban J connectivity index is 2.84. The number of carboxylic acid groups (broad SMARTS) is 1. The van der Waals surface area contributed by atoms with Crippen LogP contribution in [0.1, 0.15) is 26.3 Å². The van der Waals surface area contributed by atoms with Gasteiger partial charge in [0.15, 0.2) is 0 Å². The minimum absolute atomic E-state index is 0.0672. The molecule has 0 fully saturated rings. The number of carboxylic acids is 1. The zero-order valence-electron chi connectivity index (χ0n) is 13.0. The molecule has 0 amide bonds. The molecule has 1 rings (SSSR count). The number of carbonyl (C=O) groups is 1. The summed E-state index contributed by atoms with van der Waals surface area (Å²) in [7, 11) is 3.53. The Bertz CT molecular complexity index is 445.